The number of aryl methyl sites for hydroxylation is 1. The largest absolute Gasteiger partial charge is 0.476 e. The van der Waals surface area contributed by atoms with Crippen LogP contribution in [0.25, 0.3) is 0 Å². The SMILES string of the molecule is CCNC(=NCCOc1ccc(C(F)(F)F)cn1)N1CCN(c2cnn(C)c2)C(=O)C1.I. The average molecular weight is 567 g/mol. The highest BCUT2D eigenvalue weighted by Crippen LogP contribution is 2.29. The maximum absolute atomic E-state index is 12.6. The monoisotopic (exact) mass is 567 g/mol. The van der Waals surface area contributed by atoms with Gasteiger partial charge in [-0.1, -0.05) is 0 Å². The molecule has 1 amide bonds. The molecule has 1 aliphatic rings. The summed E-state index contributed by atoms with van der Waals surface area (Å²) in [5, 5.41) is 7.25. The van der Waals surface area contributed by atoms with Gasteiger partial charge in [-0.2, -0.15) is 18.3 Å². The van der Waals surface area contributed by atoms with Gasteiger partial charge in [-0.05, 0) is 13.0 Å². The molecule has 1 aliphatic heterocycles. The van der Waals surface area contributed by atoms with Crippen LogP contribution in [-0.2, 0) is 18.0 Å². The molecule has 13 heteroatoms. The van der Waals surface area contributed by atoms with Crippen molar-refractivity contribution in [3.8, 4) is 5.88 Å². The van der Waals surface area contributed by atoms with Crippen molar-refractivity contribution in [3.63, 3.8) is 0 Å². The number of guanidine groups is 1. The Labute approximate surface area is 200 Å². The van der Waals surface area contributed by atoms with Gasteiger partial charge < -0.3 is 19.9 Å². The normalized spacial score (nSPS) is 14.9. The third-order valence-electron chi connectivity index (χ3n) is 4.52. The highest BCUT2D eigenvalue weighted by Gasteiger charge is 2.31. The molecule has 2 aromatic rings. The molecule has 1 N–H and O–H groups in total. The standard InChI is InChI=1S/C19H24F3N7O2.HI/c1-3-23-18(24-6-9-31-16-5-4-14(10-25-16)19(20,21)22)28-7-8-29(17(30)13-28)15-11-26-27(2)12-15;/h4-5,10-12H,3,6-9,13H2,1-2H3,(H,23,24);1H. The molecule has 0 unspecified atom stereocenters. The number of aromatic nitrogens is 3. The summed E-state index contributed by atoms with van der Waals surface area (Å²) in [7, 11) is 1.79. The lowest BCUT2D eigenvalue weighted by atomic mass is 10.3. The van der Waals surface area contributed by atoms with Gasteiger partial charge >= 0.3 is 6.18 Å². The minimum absolute atomic E-state index is 0. The number of pyridine rings is 1. The fraction of sp³-hybridized carbons (Fsp3) is 0.474. The topological polar surface area (TPSA) is 87.9 Å². The summed E-state index contributed by atoms with van der Waals surface area (Å²) < 4.78 is 44.7. The fourth-order valence-electron chi connectivity index (χ4n) is 3.04. The summed E-state index contributed by atoms with van der Waals surface area (Å²) in [5.41, 5.74) is -0.0751. The zero-order valence-corrected chi connectivity index (χ0v) is 20.0. The number of hydrogen-bond donors (Lipinski definition) is 1. The number of alkyl halides is 3. The molecule has 2 aromatic heterocycles. The van der Waals surface area contributed by atoms with Gasteiger partial charge in [0.1, 0.15) is 13.2 Å². The summed E-state index contributed by atoms with van der Waals surface area (Å²) in [5.74, 6) is 0.606. The number of anilines is 1. The van der Waals surface area contributed by atoms with E-state index >= 15 is 0 Å². The lowest BCUT2D eigenvalue weighted by molar-refractivity contribution is -0.137. The van der Waals surface area contributed by atoms with Crippen molar-refractivity contribution < 1.29 is 22.7 Å². The zero-order valence-electron chi connectivity index (χ0n) is 17.7. The molecule has 0 spiro atoms. The number of carbonyl (C=O) groups excluding carboxylic acids is 1. The van der Waals surface area contributed by atoms with Crippen LogP contribution >= 0.6 is 24.0 Å². The number of nitrogens with one attached hydrogen (secondary N) is 1. The number of amides is 1. The van der Waals surface area contributed by atoms with Crippen LogP contribution in [0.1, 0.15) is 12.5 Å². The average Bonchev–Trinajstić information content (AvgIpc) is 3.16. The van der Waals surface area contributed by atoms with Crippen LogP contribution < -0.4 is 15.0 Å². The van der Waals surface area contributed by atoms with E-state index in [4.69, 9.17) is 4.74 Å². The number of halogens is 4. The minimum atomic E-state index is -4.44. The predicted octanol–water partition coefficient (Wildman–Crippen LogP) is 2.15. The van der Waals surface area contributed by atoms with Crippen molar-refractivity contribution in [1.29, 1.82) is 0 Å². The van der Waals surface area contributed by atoms with E-state index in [0.29, 0.717) is 25.6 Å². The number of piperazine rings is 1. The number of aliphatic imine (C=N–C) groups is 1. The summed E-state index contributed by atoms with van der Waals surface area (Å²) in [6.45, 7) is 4.19. The molecule has 3 heterocycles. The molecule has 3 rings (SSSR count). The molecule has 0 saturated carbocycles. The van der Waals surface area contributed by atoms with Crippen LogP contribution in [0.3, 0.4) is 0 Å². The summed E-state index contributed by atoms with van der Waals surface area (Å²) in [6, 6.07) is 2.09. The van der Waals surface area contributed by atoms with E-state index in [0.717, 1.165) is 18.0 Å². The number of hydrogen-bond acceptors (Lipinski definition) is 5. The quantitative estimate of drug-likeness (QED) is 0.249. The molecule has 1 fully saturated rings. The second kappa shape index (κ2) is 11.3. The van der Waals surface area contributed by atoms with Crippen molar-refractivity contribution in [2.24, 2.45) is 12.0 Å². The Morgan fingerprint density at radius 2 is 2.06 bits per heavy atom. The summed E-state index contributed by atoms with van der Waals surface area (Å²) in [4.78, 5) is 24.3. The van der Waals surface area contributed by atoms with Crippen LogP contribution in [-0.4, -0.2) is 70.9 Å². The molecular weight excluding hydrogens is 542 g/mol. The number of ether oxygens (including phenoxy) is 1. The van der Waals surface area contributed by atoms with Crippen molar-refractivity contribution in [3.05, 3.63) is 36.3 Å². The molecular formula is C19H25F3IN7O2. The molecule has 0 bridgehead atoms. The highest BCUT2D eigenvalue weighted by atomic mass is 127. The van der Waals surface area contributed by atoms with Gasteiger partial charge in [0.25, 0.3) is 0 Å². The van der Waals surface area contributed by atoms with E-state index < -0.39 is 11.7 Å². The van der Waals surface area contributed by atoms with E-state index in [-0.39, 0.29) is 55.5 Å². The number of nitrogens with zero attached hydrogens (tertiary/aromatic N) is 6. The van der Waals surface area contributed by atoms with Crippen molar-refractivity contribution >= 4 is 41.5 Å². The van der Waals surface area contributed by atoms with Gasteiger partial charge in [0, 0.05) is 45.1 Å². The Hall–Kier alpha value is -2.58. The van der Waals surface area contributed by atoms with Gasteiger partial charge in [0.05, 0.1) is 24.0 Å². The second-order valence-electron chi connectivity index (χ2n) is 6.81. The Kier molecular flexibility index (Phi) is 9.09. The minimum Gasteiger partial charge on any atom is -0.476 e. The summed E-state index contributed by atoms with van der Waals surface area (Å²) >= 11 is 0. The lowest BCUT2D eigenvalue weighted by Gasteiger charge is -2.35. The molecule has 9 nitrogen and oxygen atoms in total. The van der Waals surface area contributed by atoms with Gasteiger partial charge in [-0.3, -0.25) is 9.48 Å². The Morgan fingerprint density at radius 1 is 1.28 bits per heavy atom. The third-order valence-corrected chi connectivity index (χ3v) is 4.52. The van der Waals surface area contributed by atoms with E-state index in [1.54, 1.807) is 29.0 Å². The molecule has 0 aromatic carbocycles. The van der Waals surface area contributed by atoms with Crippen LogP contribution in [0.5, 0.6) is 5.88 Å². The van der Waals surface area contributed by atoms with Crippen LogP contribution in [0.4, 0.5) is 18.9 Å². The number of rotatable bonds is 6. The maximum atomic E-state index is 12.6. The molecule has 0 atom stereocenters. The first-order valence-electron chi connectivity index (χ1n) is 9.76. The van der Waals surface area contributed by atoms with Crippen molar-refractivity contribution in [2.45, 2.75) is 13.1 Å². The Bertz CT molecular complexity index is 918. The highest BCUT2D eigenvalue weighted by molar-refractivity contribution is 14.0. The van der Waals surface area contributed by atoms with Crippen LogP contribution in [0.2, 0.25) is 0 Å². The van der Waals surface area contributed by atoms with E-state index in [2.05, 4.69) is 20.4 Å². The van der Waals surface area contributed by atoms with Crippen LogP contribution in [0, 0.1) is 0 Å². The summed E-state index contributed by atoms with van der Waals surface area (Å²) in [6.07, 6.45) is -0.260. The Balaban J connectivity index is 0.00000363. The van der Waals surface area contributed by atoms with Gasteiger partial charge in [0.15, 0.2) is 5.96 Å². The smallest absolute Gasteiger partial charge is 0.417 e. The van der Waals surface area contributed by atoms with Crippen molar-refractivity contribution in [1.82, 2.24) is 25.0 Å². The molecule has 1 saturated heterocycles. The Morgan fingerprint density at radius 3 is 2.62 bits per heavy atom. The molecule has 176 valence electrons. The third kappa shape index (κ3) is 6.71. The first kappa shape index (κ1) is 25.7. The second-order valence-corrected chi connectivity index (χ2v) is 6.81. The van der Waals surface area contributed by atoms with Gasteiger partial charge in [0.2, 0.25) is 11.8 Å². The molecule has 0 aliphatic carbocycles. The lowest BCUT2D eigenvalue weighted by Crippen LogP contribution is -2.55. The maximum Gasteiger partial charge on any atom is 0.417 e. The van der Waals surface area contributed by atoms with Crippen molar-refractivity contribution in [2.75, 3.05) is 44.2 Å². The first-order chi connectivity index (χ1) is 14.8. The number of carbonyl (C=O) groups is 1. The van der Waals surface area contributed by atoms with E-state index in [9.17, 15) is 18.0 Å². The fourth-order valence-corrected chi connectivity index (χ4v) is 3.04. The van der Waals surface area contributed by atoms with E-state index in [1.807, 2.05) is 11.8 Å². The van der Waals surface area contributed by atoms with Crippen LogP contribution in [0.15, 0.2) is 35.7 Å². The predicted molar refractivity (Wildman–Crippen MR) is 123 cm³/mol. The molecule has 32 heavy (non-hydrogen) atoms. The first-order valence-corrected chi connectivity index (χ1v) is 9.76. The zero-order chi connectivity index (χ0) is 22.4. The molecule has 0 radical (unpaired) electrons. The van der Waals surface area contributed by atoms with Gasteiger partial charge in [-0.15, -0.1) is 24.0 Å². The van der Waals surface area contributed by atoms with Gasteiger partial charge in [-0.25, -0.2) is 9.98 Å². The van der Waals surface area contributed by atoms with E-state index in [1.165, 1.54) is 6.07 Å².